The van der Waals surface area contributed by atoms with Gasteiger partial charge in [-0.1, -0.05) is 57.4 Å². The van der Waals surface area contributed by atoms with E-state index in [9.17, 15) is 0 Å². The molecule has 0 saturated heterocycles. The Morgan fingerprint density at radius 1 is 1.21 bits per heavy atom. The number of allylic oxidation sites excluding steroid dienone is 2. The molecule has 0 radical (unpaired) electrons. The fraction of sp³-hybridized carbons (Fsp3) is 0.333. The summed E-state index contributed by atoms with van der Waals surface area (Å²) >= 11 is 0. The summed E-state index contributed by atoms with van der Waals surface area (Å²) in [5, 5.41) is 7.88. The molecule has 4 heteroatoms. The first-order valence-corrected chi connectivity index (χ1v) is 12.1. The van der Waals surface area contributed by atoms with Gasteiger partial charge >= 0.3 is 0 Å². The molecule has 0 aliphatic carbocycles. The molecular weight excluding hydrogens is 418 g/mol. The van der Waals surface area contributed by atoms with Crippen molar-refractivity contribution < 1.29 is 9.30 Å². The van der Waals surface area contributed by atoms with E-state index in [1.807, 2.05) is 7.05 Å². The van der Waals surface area contributed by atoms with Crippen molar-refractivity contribution in [2.75, 3.05) is 7.05 Å². The van der Waals surface area contributed by atoms with Crippen LogP contribution >= 0.6 is 0 Å². The largest absolute Gasteiger partial charge is 0.444 e. The number of hydrogen-bond acceptors (Lipinski definition) is 3. The molecular formula is C30H36N3O+. The van der Waals surface area contributed by atoms with Gasteiger partial charge in [0.1, 0.15) is 5.76 Å². The Labute approximate surface area is 204 Å². The normalized spacial score (nSPS) is 23.0. The van der Waals surface area contributed by atoms with Gasteiger partial charge in [0.25, 0.3) is 0 Å². The van der Waals surface area contributed by atoms with E-state index in [-0.39, 0.29) is 17.9 Å². The molecule has 0 amide bonds. The fourth-order valence-electron chi connectivity index (χ4n) is 5.53. The summed E-state index contributed by atoms with van der Waals surface area (Å²) in [6.07, 6.45) is 5.07. The minimum atomic E-state index is 0.119. The second-order valence-corrected chi connectivity index (χ2v) is 9.45. The molecule has 3 unspecified atom stereocenters. The number of aromatic nitrogens is 1. The number of rotatable bonds is 4. The van der Waals surface area contributed by atoms with E-state index in [1.165, 1.54) is 22.4 Å². The number of ether oxygens (including phenoxy) is 1. The molecule has 0 bridgehead atoms. The molecule has 1 aromatic heterocycles. The van der Waals surface area contributed by atoms with Crippen molar-refractivity contribution >= 4 is 5.90 Å². The van der Waals surface area contributed by atoms with Crippen molar-refractivity contribution in [1.29, 1.82) is 5.41 Å². The highest BCUT2D eigenvalue weighted by molar-refractivity contribution is 5.72. The van der Waals surface area contributed by atoms with Crippen LogP contribution in [-0.4, -0.2) is 17.8 Å². The topological polar surface area (TPSA) is 40.2 Å². The molecule has 3 heterocycles. The third kappa shape index (κ3) is 4.02. The van der Waals surface area contributed by atoms with Crippen LogP contribution < -0.4 is 4.57 Å². The number of likely N-dealkylation sites (N-methyl/N-ethyl adjacent to an activating group) is 1. The van der Waals surface area contributed by atoms with Crippen molar-refractivity contribution in [3.63, 3.8) is 0 Å². The first kappa shape index (κ1) is 23.7. The molecule has 0 saturated carbocycles. The summed E-state index contributed by atoms with van der Waals surface area (Å²) in [5.74, 6) is 1.08. The zero-order valence-electron chi connectivity index (χ0n) is 20.9. The van der Waals surface area contributed by atoms with Gasteiger partial charge in [-0.25, -0.2) is 0 Å². The molecule has 3 atom stereocenters. The van der Waals surface area contributed by atoms with Gasteiger partial charge in [0.2, 0.25) is 5.69 Å². The minimum absolute atomic E-state index is 0.119. The second-order valence-electron chi connectivity index (χ2n) is 9.45. The lowest BCUT2D eigenvalue weighted by molar-refractivity contribution is -0.717. The zero-order chi connectivity index (χ0) is 24.6. The third-order valence-electron chi connectivity index (χ3n) is 7.48. The van der Waals surface area contributed by atoms with Gasteiger partial charge in [-0.05, 0) is 36.5 Å². The van der Waals surface area contributed by atoms with Crippen molar-refractivity contribution in [3.05, 3.63) is 102 Å². The van der Waals surface area contributed by atoms with E-state index in [1.54, 1.807) is 6.92 Å². The molecule has 4 rings (SSSR count). The van der Waals surface area contributed by atoms with E-state index in [0.29, 0.717) is 11.7 Å². The number of benzene rings is 1. The predicted octanol–water partition coefficient (Wildman–Crippen LogP) is 6.90. The van der Waals surface area contributed by atoms with E-state index >= 15 is 0 Å². The van der Waals surface area contributed by atoms with Crippen LogP contribution in [0.15, 0.2) is 96.7 Å². The Hall–Kier alpha value is -3.40. The lowest BCUT2D eigenvalue weighted by atomic mass is 9.78. The Kier molecular flexibility index (Phi) is 6.60. The maximum atomic E-state index is 7.88. The Morgan fingerprint density at radius 2 is 1.91 bits per heavy atom. The van der Waals surface area contributed by atoms with Gasteiger partial charge in [0, 0.05) is 49.5 Å². The van der Waals surface area contributed by atoms with Crippen LogP contribution in [0.4, 0.5) is 0 Å². The van der Waals surface area contributed by atoms with Crippen LogP contribution in [0.2, 0.25) is 0 Å². The molecule has 34 heavy (non-hydrogen) atoms. The standard InChI is InChI=1S/C30H36N3O/c1-8-19(2)24-16-17-28-30(21(4)32(7)20(3)29(24)22(5)34-23(6)31)26-14-10-9-13-25(26)27-15-11-12-18-33(27)28/h9-15,18-19,28,30-31H,3-5,8,16-17H2,1-2,6-7H3/q+1/b29-24-,31-23?. The maximum absolute atomic E-state index is 7.88. The molecule has 2 aliphatic rings. The number of hydrogen-bond donors (Lipinski definition) is 1. The van der Waals surface area contributed by atoms with Gasteiger partial charge in [0.15, 0.2) is 18.1 Å². The average molecular weight is 455 g/mol. The zero-order valence-corrected chi connectivity index (χ0v) is 20.9. The van der Waals surface area contributed by atoms with E-state index in [4.69, 9.17) is 10.1 Å². The van der Waals surface area contributed by atoms with Gasteiger partial charge in [0.05, 0.1) is 11.5 Å². The summed E-state index contributed by atoms with van der Waals surface area (Å²) in [6, 6.07) is 15.4. The second kappa shape index (κ2) is 9.46. The van der Waals surface area contributed by atoms with Gasteiger partial charge < -0.3 is 9.64 Å². The highest BCUT2D eigenvalue weighted by Gasteiger charge is 2.43. The number of nitrogens with zero attached hydrogens (tertiary/aromatic N) is 2. The molecule has 2 aromatic rings. The monoisotopic (exact) mass is 454 g/mol. The molecule has 0 spiro atoms. The van der Waals surface area contributed by atoms with Crippen LogP contribution in [0.3, 0.4) is 0 Å². The Balaban J connectivity index is 1.91. The predicted molar refractivity (Wildman–Crippen MR) is 139 cm³/mol. The lowest BCUT2D eigenvalue weighted by Crippen LogP contribution is -2.48. The first-order valence-electron chi connectivity index (χ1n) is 12.1. The minimum Gasteiger partial charge on any atom is -0.444 e. The molecule has 176 valence electrons. The molecule has 2 aliphatic heterocycles. The summed E-state index contributed by atoms with van der Waals surface area (Å²) in [5.41, 5.74) is 7.86. The molecule has 1 aromatic carbocycles. The first-order chi connectivity index (χ1) is 16.3. The molecule has 1 N–H and O–H groups in total. The van der Waals surface area contributed by atoms with Gasteiger partial charge in [-0.2, -0.15) is 4.57 Å². The van der Waals surface area contributed by atoms with Gasteiger partial charge in [-0.15, -0.1) is 0 Å². The van der Waals surface area contributed by atoms with Crippen molar-refractivity contribution in [2.45, 2.75) is 52.0 Å². The quantitative estimate of drug-likeness (QED) is 0.236. The van der Waals surface area contributed by atoms with Crippen LogP contribution in [-0.2, 0) is 4.74 Å². The smallest absolute Gasteiger partial charge is 0.213 e. The SMILES string of the molecule is C=C(OC(C)=N)/C1=C(\C(C)CC)CCC2C(C(=C)N(C)C1=C)c1ccccc1-c1cccc[n+]12. The van der Waals surface area contributed by atoms with Crippen molar-refractivity contribution in [2.24, 2.45) is 5.92 Å². The molecule has 4 nitrogen and oxygen atoms in total. The van der Waals surface area contributed by atoms with E-state index in [2.05, 4.69) is 91.7 Å². The van der Waals surface area contributed by atoms with Crippen LogP contribution in [0.5, 0.6) is 0 Å². The van der Waals surface area contributed by atoms with Crippen LogP contribution in [0, 0.1) is 11.3 Å². The highest BCUT2D eigenvalue weighted by atomic mass is 16.5. The average Bonchev–Trinajstić information content (AvgIpc) is 2.87. The Morgan fingerprint density at radius 3 is 2.62 bits per heavy atom. The summed E-state index contributed by atoms with van der Waals surface area (Å²) in [7, 11) is 2.04. The number of pyridine rings is 1. The number of nitrogens with one attached hydrogen (secondary N) is 1. The summed E-state index contributed by atoms with van der Waals surface area (Å²) < 4.78 is 8.18. The highest BCUT2D eigenvalue weighted by Crippen LogP contribution is 2.47. The molecule has 0 fully saturated rings. The van der Waals surface area contributed by atoms with Gasteiger partial charge in [-0.3, -0.25) is 5.41 Å². The van der Waals surface area contributed by atoms with Crippen LogP contribution in [0.25, 0.3) is 11.3 Å². The summed E-state index contributed by atoms with van der Waals surface area (Å²) in [4.78, 5) is 2.11. The lowest BCUT2D eigenvalue weighted by Gasteiger charge is -2.35. The maximum Gasteiger partial charge on any atom is 0.213 e. The van der Waals surface area contributed by atoms with Crippen molar-refractivity contribution in [3.8, 4) is 11.3 Å². The fourth-order valence-corrected chi connectivity index (χ4v) is 5.53. The Bertz CT molecular complexity index is 1210. The summed E-state index contributed by atoms with van der Waals surface area (Å²) in [6.45, 7) is 19.4. The number of fused-ring (bicyclic) bond motifs is 6. The van der Waals surface area contributed by atoms with Crippen LogP contribution in [0.1, 0.15) is 57.6 Å². The van der Waals surface area contributed by atoms with E-state index < -0.39 is 0 Å². The van der Waals surface area contributed by atoms with Crippen molar-refractivity contribution in [1.82, 2.24) is 4.90 Å². The van der Waals surface area contributed by atoms with E-state index in [0.717, 1.165) is 36.2 Å². The third-order valence-corrected chi connectivity index (χ3v) is 7.48.